The van der Waals surface area contributed by atoms with Gasteiger partial charge in [-0.15, -0.1) is 11.3 Å². The number of nitrogens with one attached hydrogen (secondary N) is 1. The molecule has 0 bridgehead atoms. The van der Waals surface area contributed by atoms with E-state index in [0.29, 0.717) is 0 Å². The van der Waals surface area contributed by atoms with Gasteiger partial charge in [0.1, 0.15) is 0 Å². The average Bonchev–Trinajstić information content (AvgIpc) is 3.18. The normalized spacial score (nSPS) is 19.9. The molecule has 5 rings (SSSR count). The molecule has 0 unspecified atom stereocenters. The molecule has 0 atom stereocenters. The first-order valence-corrected chi connectivity index (χ1v) is 13.1. The predicted octanol–water partition coefficient (Wildman–Crippen LogP) is 4.59. The second-order valence-corrected chi connectivity index (χ2v) is 10.7. The Morgan fingerprint density at radius 3 is 2.56 bits per heavy atom. The van der Waals surface area contributed by atoms with E-state index in [1.165, 1.54) is 59.5 Å². The number of amides is 1. The average molecular weight is 450 g/mol. The molecule has 1 N–H and O–H groups in total. The van der Waals surface area contributed by atoms with Crippen LogP contribution in [0.5, 0.6) is 0 Å². The van der Waals surface area contributed by atoms with Gasteiger partial charge >= 0.3 is 0 Å². The van der Waals surface area contributed by atoms with E-state index < -0.39 is 0 Å². The van der Waals surface area contributed by atoms with Gasteiger partial charge in [0.25, 0.3) is 5.91 Å². The number of piperidine rings is 2. The van der Waals surface area contributed by atoms with Crippen LogP contribution in [0, 0.1) is 0 Å². The Morgan fingerprint density at radius 1 is 0.969 bits per heavy atom. The van der Waals surface area contributed by atoms with E-state index in [4.69, 9.17) is 0 Å². The van der Waals surface area contributed by atoms with Crippen molar-refractivity contribution in [2.75, 3.05) is 46.3 Å². The number of aryl methyl sites for hydroxylation is 2. The molecule has 1 aromatic heterocycles. The van der Waals surface area contributed by atoms with E-state index in [1.54, 1.807) is 16.9 Å². The first-order valence-electron chi connectivity index (χ1n) is 12.3. The fourth-order valence-electron chi connectivity index (χ4n) is 5.43. The van der Waals surface area contributed by atoms with Crippen LogP contribution in [0.1, 0.15) is 63.3 Å². The third-order valence-corrected chi connectivity index (χ3v) is 8.51. The molecule has 32 heavy (non-hydrogen) atoms. The molecule has 0 spiro atoms. The molecule has 2 saturated heterocycles. The summed E-state index contributed by atoms with van der Waals surface area (Å²) in [5, 5.41) is 3.20. The minimum atomic E-state index is 0.0982. The summed E-state index contributed by atoms with van der Waals surface area (Å²) < 4.78 is 0. The van der Waals surface area contributed by atoms with Gasteiger partial charge in [-0.1, -0.05) is 36.3 Å². The number of hydrogen-bond donors (Lipinski definition) is 1. The van der Waals surface area contributed by atoms with Gasteiger partial charge in [0, 0.05) is 31.1 Å². The SMILES string of the molecule is CN1CCC(=C2c3ccccc3CCc3sc(C(=O)NCCN4CCCCC4)cc32)CC1. The molecule has 1 aromatic carbocycles. The summed E-state index contributed by atoms with van der Waals surface area (Å²) in [4.78, 5) is 20.2. The van der Waals surface area contributed by atoms with Gasteiger partial charge < -0.3 is 15.1 Å². The van der Waals surface area contributed by atoms with Crippen molar-refractivity contribution in [3.05, 3.63) is 62.3 Å². The van der Waals surface area contributed by atoms with Gasteiger partial charge in [0.15, 0.2) is 0 Å². The first kappa shape index (κ1) is 21.9. The van der Waals surface area contributed by atoms with E-state index in [9.17, 15) is 4.79 Å². The van der Waals surface area contributed by atoms with E-state index in [2.05, 4.69) is 52.5 Å². The lowest BCUT2D eigenvalue weighted by Crippen LogP contribution is -2.37. The summed E-state index contributed by atoms with van der Waals surface area (Å²) in [7, 11) is 2.21. The lowest BCUT2D eigenvalue weighted by Gasteiger charge is -2.27. The Hall–Kier alpha value is -1.95. The van der Waals surface area contributed by atoms with Crippen LogP contribution in [0.2, 0.25) is 0 Å². The smallest absolute Gasteiger partial charge is 0.261 e. The zero-order valence-electron chi connectivity index (χ0n) is 19.3. The minimum Gasteiger partial charge on any atom is -0.350 e. The summed E-state index contributed by atoms with van der Waals surface area (Å²) in [6.07, 6.45) is 8.24. The number of thiophene rings is 1. The molecular weight excluding hydrogens is 414 g/mol. The second kappa shape index (κ2) is 9.90. The molecule has 2 aliphatic heterocycles. The zero-order valence-corrected chi connectivity index (χ0v) is 20.1. The van der Waals surface area contributed by atoms with Crippen molar-refractivity contribution in [2.45, 2.75) is 44.9 Å². The van der Waals surface area contributed by atoms with Crippen molar-refractivity contribution in [3.8, 4) is 0 Å². The molecule has 4 nitrogen and oxygen atoms in total. The van der Waals surface area contributed by atoms with Crippen molar-refractivity contribution in [1.29, 1.82) is 0 Å². The van der Waals surface area contributed by atoms with E-state index in [0.717, 1.165) is 56.7 Å². The number of hydrogen-bond acceptors (Lipinski definition) is 4. The summed E-state index contributed by atoms with van der Waals surface area (Å²) in [5.41, 5.74) is 7.14. The van der Waals surface area contributed by atoms with Crippen molar-refractivity contribution in [2.24, 2.45) is 0 Å². The zero-order chi connectivity index (χ0) is 21.9. The van der Waals surface area contributed by atoms with Crippen LogP contribution in [-0.4, -0.2) is 62.0 Å². The molecule has 3 heterocycles. The quantitative estimate of drug-likeness (QED) is 0.742. The van der Waals surface area contributed by atoms with Crippen molar-refractivity contribution in [3.63, 3.8) is 0 Å². The maximum absolute atomic E-state index is 13.0. The molecule has 5 heteroatoms. The van der Waals surface area contributed by atoms with Crippen LogP contribution in [-0.2, 0) is 12.8 Å². The topological polar surface area (TPSA) is 35.6 Å². The Labute approximate surface area is 196 Å². The fraction of sp³-hybridized carbons (Fsp3) is 0.519. The molecule has 2 aromatic rings. The molecule has 2 fully saturated rings. The summed E-state index contributed by atoms with van der Waals surface area (Å²) in [5.74, 6) is 0.0982. The molecular formula is C27H35N3OS. The highest BCUT2D eigenvalue weighted by Crippen LogP contribution is 2.41. The lowest BCUT2D eigenvalue weighted by atomic mass is 9.87. The van der Waals surface area contributed by atoms with Crippen molar-refractivity contribution in [1.82, 2.24) is 15.1 Å². The van der Waals surface area contributed by atoms with E-state index in [1.807, 2.05) is 0 Å². The van der Waals surface area contributed by atoms with Gasteiger partial charge in [-0.25, -0.2) is 0 Å². The Kier molecular flexibility index (Phi) is 6.77. The number of fused-ring (bicyclic) bond motifs is 2. The highest BCUT2D eigenvalue weighted by Gasteiger charge is 2.26. The highest BCUT2D eigenvalue weighted by atomic mass is 32.1. The van der Waals surface area contributed by atoms with Crippen LogP contribution in [0.15, 0.2) is 35.9 Å². The van der Waals surface area contributed by atoms with Crippen LogP contribution in [0.25, 0.3) is 5.57 Å². The van der Waals surface area contributed by atoms with Crippen LogP contribution >= 0.6 is 11.3 Å². The van der Waals surface area contributed by atoms with Crippen molar-refractivity contribution < 1.29 is 4.79 Å². The number of nitrogens with zero attached hydrogens (tertiary/aromatic N) is 2. The summed E-state index contributed by atoms with van der Waals surface area (Å²) >= 11 is 1.71. The second-order valence-electron chi connectivity index (χ2n) is 9.54. The number of benzene rings is 1. The van der Waals surface area contributed by atoms with Crippen molar-refractivity contribution >= 4 is 22.8 Å². The largest absolute Gasteiger partial charge is 0.350 e. The van der Waals surface area contributed by atoms with Gasteiger partial charge in [0.2, 0.25) is 0 Å². The molecule has 1 amide bonds. The Bertz CT molecular complexity index is 992. The van der Waals surface area contributed by atoms with Gasteiger partial charge in [-0.05, 0) is 87.0 Å². The maximum atomic E-state index is 13.0. The number of likely N-dealkylation sites (tertiary alicyclic amines) is 2. The van der Waals surface area contributed by atoms with Gasteiger partial charge in [-0.2, -0.15) is 0 Å². The predicted molar refractivity (Wildman–Crippen MR) is 134 cm³/mol. The lowest BCUT2D eigenvalue weighted by molar-refractivity contribution is 0.0950. The molecule has 170 valence electrons. The molecule has 0 saturated carbocycles. The van der Waals surface area contributed by atoms with Gasteiger partial charge in [0.05, 0.1) is 4.88 Å². The summed E-state index contributed by atoms with van der Waals surface area (Å²) in [6, 6.07) is 11.1. The molecule has 3 aliphatic rings. The van der Waals surface area contributed by atoms with Gasteiger partial charge in [-0.3, -0.25) is 4.79 Å². The van der Waals surface area contributed by atoms with Crippen LogP contribution in [0.4, 0.5) is 0 Å². The maximum Gasteiger partial charge on any atom is 0.261 e. The Morgan fingerprint density at radius 2 is 1.75 bits per heavy atom. The highest BCUT2D eigenvalue weighted by molar-refractivity contribution is 7.14. The van der Waals surface area contributed by atoms with Crippen LogP contribution in [0.3, 0.4) is 0 Å². The third kappa shape index (κ3) is 4.70. The van der Waals surface area contributed by atoms with E-state index in [-0.39, 0.29) is 5.91 Å². The standard InChI is InChI=1S/C27H35N3OS/c1-29-16-11-21(12-17-29)26-22-8-4-3-7-20(22)9-10-24-23(26)19-25(32-24)27(31)28-13-18-30-14-5-2-6-15-30/h3-4,7-8,19H,2,5-6,9-18H2,1H3,(H,28,31). The van der Waals surface area contributed by atoms with E-state index >= 15 is 0 Å². The third-order valence-electron chi connectivity index (χ3n) is 7.32. The molecule has 1 aliphatic carbocycles. The first-order chi connectivity index (χ1) is 15.7. The number of rotatable bonds is 4. The Balaban J connectivity index is 1.39. The fourth-order valence-corrected chi connectivity index (χ4v) is 6.51. The molecule has 0 radical (unpaired) electrons. The monoisotopic (exact) mass is 449 g/mol. The van der Waals surface area contributed by atoms with Crippen LogP contribution < -0.4 is 5.32 Å². The summed E-state index contributed by atoms with van der Waals surface area (Å²) in [6.45, 7) is 6.29. The number of carbonyl (C=O) groups excluding carboxylic acids is 1. The minimum absolute atomic E-state index is 0.0982. The number of carbonyl (C=O) groups is 1.